The standard InChI is InChI=1S/C19H19F/c1-4-7-13-8-5-10-16-15(13)12-14-9-6-11-17(20)18(14)19(16,2)3/h4-11H,12H2,1-3H3/b7-4-. The summed E-state index contributed by atoms with van der Waals surface area (Å²) in [5.74, 6) is -0.0883. The molecule has 0 aliphatic heterocycles. The smallest absolute Gasteiger partial charge is 0.127 e. The molecule has 1 heteroatoms. The molecular weight excluding hydrogens is 247 g/mol. The molecule has 0 radical (unpaired) electrons. The van der Waals surface area contributed by atoms with E-state index in [-0.39, 0.29) is 11.2 Å². The van der Waals surface area contributed by atoms with E-state index in [1.54, 1.807) is 6.07 Å². The van der Waals surface area contributed by atoms with Crippen molar-refractivity contribution in [2.45, 2.75) is 32.6 Å². The molecule has 102 valence electrons. The Hall–Kier alpha value is -1.89. The SMILES string of the molecule is C/C=C\c1cccc2c1Cc1cccc(F)c1C2(C)C. The molecule has 2 aromatic carbocycles. The van der Waals surface area contributed by atoms with Crippen LogP contribution in [-0.2, 0) is 11.8 Å². The van der Waals surface area contributed by atoms with Gasteiger partial charge in [-0.2, -0.15) is 0 Å². The first kappa shape index (κ1) is 13.1. The van der Waals surface area contributed by atoms with Crippen molar-refractivity contribution in [3.63, 3.8) is 0 Å². The minimum Gasteiger partial charge on any atom is -0.207 e. The van der Waals surface area contributed by atoms with Crippen molar-refractivity contribution >= 4 is 6.08 Å². The third kappa shape index (κ3) is 1.81. The first-order chi connectivity index (χ1) is 9.55. The number of hydrogen-bond acceptors (Lipinski definition) is 0. The quantitative estimate of drug-likeness (QED) is 0.674. The van der Waals surface area contributed by atoms with Gasteiger partial charge in [-0.1, -0.05) is 56.3 Å². The summed E-state index contributed by atoms with van der Waals surface area (Å²) in [5.41, 5.74) is 5.49. The van der Waals surface area contributed by atoms with Crippen LogP contribution in [-0.4, -0.2) is 0 Å². The summed E-state index contributed by atoms with van der Waals surface area (Å²) in [6.07, 6.45) is 5.01. The van der Waals surface area contributed by atoms with Gasteiger partial charge in [-0.3, -0.25) is 0 Å². The Morgan fingerprint density at radius 2 is 1.85 bits per heavy atom. The Bertz CT molecular complexity index is 693. The lowest BCUT2D eigenvalue weighted by Gasteiger charge is -2.36. The second-order valence-corrected chi connectivity index (χ2v) is 5.95. The van der Waals surface area contributed by atoms with Crippen molar-refractivity contribution in [2.75, 3.05) is 0 Å². The summed E-state index contributed by atoms with van der Waals surface area (Å²) in [5, 5.41) is 0. The predicted molar refractivity (Wildman–Crippen MR) is 82.5 cm³/mol. The average molecular weight is 266 g/mol. The molecule has 0 fully saturated rings. The number of allylic oxidation sites excluding steroid dienone is 1. The zero-order chi connectivity index (χ0) is 14.3. The molecular formula is C19H19F. The highest BCUT2D eigenvalue weighted by Crippen LogP contribution is 2.43. The third-order valence-electron chi connectivity index (χ3n) is 4.32. The topological polar surface area (TPSA) is 0 Å². The fraction of sp³-hybridized carbons (Fsp3) is 0.263. The Kier molecular flexibility index (Phi) is 3.01. The molecule has 0 nitrogen and oxygen atoms in total. The van der Waals surface area contributed by atoms with Crippen molar-refractivity contribution in [2.24, 2.45) is 0 Å². The van der Waals surface area contributed by atoms with E-state index in [2.05, 4.69) is 50.3 Å². The lowest BCUT2D eigenvalue weighted by molar-refractivity contribution is 0.531. The third-order valence-corrected chi connectivity index (χ3v) is 4.32. The fourth-order valence-electron chi connectivity index (χ4n) is 3.46. The highest BCUT2D eigenvalue weighted by molar-refractivity contribution is 5.63. The summed E-state index contributed by atoms with van der Waals surface area (Å²) < 4.78 is 14.3. The van der Waals surface area contributed by atoms with Crippen molar-refractivity contribution in [3.05, 3.63) is 76.1 Å². The highest BCUT2D eigenvalue weighted by Gasteiger charge is 2.35. The molecule has 1 aliphatic carbocycles. The Morgan fingerprint density at radius 3 is 2.60 bits per heavy atom. The molecule has 0 saturated heterocycles. The van der Waals surface area contributed by atoms with E-state index >= 15 is 0 Å². The zero-order valence-corrected chi connectivity index (χ0v) is 12.2. The summed E-state index contributed by atoms with van der Waals surface area (Å²) in [4.78, 5) is 0. The second-order valence-electron chi connectivity index (χ2n) is 5.95. The first-order valence-electron chi connectivity index (χ1n) is 7.08. The van der Waals surface area contributed by atoms with E-state index in [9.17, 15) is 4.39 Å². The molecule has 1 aliphatic rings. The molecule has 0 atom stereocenters. The van der Waals surface area contributed by atoms with E-state index in [1.807, 2.05) is 13.0 Å². The first-order valence-corrected chi connectivity index (χ1v) is 7.08. The van der Waals surface area contributed by atoms with Gasteiger partial charge in [-0.05, 0) is 41.7 Å². The van der Waals surface area contributed by atoms with E-state index in [4.69, 9.17) is 0 Å². The number of rotatable bonds is 1. The average Bonchev–Trinajstić information content (AvgIpc) is 2.40. The van der Waals surface area contributed by atoms with Gasteiger partial charge in [0.15, 0.2) is 0 Å². The van der Waals surface area contributed by atoms with Gasteiger partial charge in [0, 0.05) is 11.0 Å². The molecule has 0 aromatic heterocycles. The lowest BCUT2D eigenvalue weighted by atomic mass is 9.68. The van der Waals surface area contributed by atoms with Gasteiger partial charge in [0.05, 0.1) is 0 Å². The molecule has 2 aromatic rings. The van der Waals surface area contributed by atoms with E-state index in [0.717, 1.165) is 17.5 Å². The largest absolute Gasteiger partial charge is 0.207 e. The van der Waals surface area contributed by atoms with Crippen LogP contribution < -0.4 is 0 Å². The Morgan fingerprint density at radius 1 is 1.10 bits per heavy atom. The van der Waals surface area contributed by atoms with Crippen LogP contribution in [0.2, 0.25) is 0 Å². The van der Waals surface area contributed by atoms with Crippen LogP contribution in [0, 0.1) is 5.82 Å². The molecule has 0 unspecified atom stereocenters. The van der Waals surface area contributed by atoms with Gasteiger partial charge in [0.25, 0.3) is 0 Å². The zero-order valence-electron chi connectivity index (χ0n) is 12.2. The lowest BCUT2D eigenvalue weighted by Crippen LogP contribution is -2.29. The number of hydrogen-bond donors (Lipinski definition) is 0. The van der Waals surface area contributed by atoms with Gasteiger partial charge in [-0.15, -0.1) is 0 Å². The monoisotopic (exact) mass is 266 g/mol. The van der Waals surface area contributed by atoms with Crippen LogP contribution >= 0.6 is 0 Å². The summed E-state index contributed by atoms with van der Waals surface area (Å²) in [6.45, 7) is 6.26. The second kappa shape index (κ2) is 4.59. The van der Waals surface area contributed by atoms with Crippen molar-refractivity contribution in [1.82, 2.24) is 0 Å². The van der Waals surface area contributed by atoms with E-state index < -0.39 is 0 Å². The van der Waals surface area contributed by atoms with Crippen molar-refractivity contribution in [1.29, 1.82) is 0 Å². The van der Waals surface area contributed by atoms with Gasteiger partial charge in [-0.25, -0.2) is 4.39 Å². The number of halogens is 1. The molecule has 0 heterocycles. The number of benzene rings is 2. The Labute approximate surface area is 120 Å². The van der Waals surface area contributed by atoms with Crippen molar-refractivity contribution < 1.29 is 4.39 Å². The minimum atomic E-state index is -0.286. The summed E-state index contributed by atoms with van der Waals surface area (Å²) in [6, 6.07) is 11.8. The van der Waals surface area contributed by atoms with Crippen LogP contribution in [0.3, 0.4) is 0 Å². The predicted octanol–water partition coefficient (Wildman–Crippen LogP) is 5.09. The Balaban J connectivity index is 2.29. The highest BCUT2D eigenvalue weighted by atomic mass is 19.1. The molecule has 0 spiro atoms. The summed E-state index contributed by atoms with van der Waals surface area (Å²) >= 11 is 0. The van der Waals surface area contributed by atoms with Crippen molar-refractivity contribution in [3.8, 4) is 0 Å². The normalized spacial score (nSPS) is 16.0. The maximum Gasteiger partial charge on any atom is 0.127 e. The molecule has 3 rings (SSSR count). The van der Waals surface area contributed by atoms with Gasteiger partial charge in [0.2, 0.25) is 0 Å². The van der Waals surface area contributed by atoms with Gasteiger partial charge < -0.3 is 0 Å². The maximum absolute atomic E-state index is 14.3. The van der Waals surface area contributed by atoms with Gasteiger partial charge >= 0.3 is 0 Å². The molecule has 0 amide bonds. The van der Waals surface area contributed by atoms with Gasteiger partial charge in [0.1, 0.15) is 5.82 Å². The molecule has 0 N–H and O–H groups in total. The van der Waals surface area contributed by atoms with Crippen LogP contribution in [0.5, 0.6) is 0 Å². The van der Waals surface area contributed by atoms with Crippen LogP contribution in [0.4, 0.5) is 4.39 Å². The molecule has 20 heavy (non-hydrogen) atoms. The van der Waals surface area contributed by atoms with Crippen LogP contribution in [0.1, 0.15) is 48.6 Å². The molecule has 0 bridgehead atoms. The fourth-order valence-corrected chi connectivity index (χ4v) is 3.46. The van der Waals surface area contributed by atoms with E-state index in [1.165, 1.54) is 16.7 Å². The minimum absolute atomic E-state index is 0.0883. The summed E-state index contributed by atoms with van der Waals surface area (Å²) in [7, 11) is 0. The van der Waals surface area contributed by atoms with Crippen LogP contribution in [0.15, 0.2) is 42.5 Å². The number of fused-ring (bicyclic) bond motifs is 2. The maximum atomic E-state index is 14.3. The van der Waals surface area contributed by atoms with E-state index in [0.29, 0.717) is 0 Å². The van der Waals surface area contributed by atoms with Crippen LogP contribution in [0.25, 0.3) is 6.08 Å². The molecule has 0 saturated carbocycles.